The number of hydrogen-bond donors (Lipinski definition) is 2. The van der Waals surface area contributed by atoms with Crippen molar-refractivity contribution in [3.8, 4) is 0 Å². The van der Waals surface area contributed by atoms with E-state index in [0.29, 0.717) is 12.0 Å². The zero-order chi connectivity index (χ0) is 11.0. The molecule has 0 unspecified atom stereocenters. The van der Waals surface area contributed by atoms with Crippen LogP contribution in [0.15, 0.2) is 4.79 Å². The van der Waals surface area contributed by atoms with Gasteiger partial charge in [-0.05, 0) is 25.7 Å². The molecule has 1 heterocycles. The molecule has 1 aliphatic carbocycles. The van der Waals surface area contributed by atoms with E-state index in [4.69, 9.17) is 0 Å². The molecular weight excluding hydrogens is 190 g/mol. The van der Waals surface area contributed by atoms with Gasteiger partial charge in [-0.15, -0.1) is 0 Å². The van der Waals surface area contributed by atoms with Crippen LogP contribution in [0, 0.1) is 6.92 Å². The van der Waals surface area contributed by atoms with Crippen LogP contribution in [0.3, 0.4) is 0 Å². The van der Waals surface area contributed by atoms with Gasteiger partial charge in [0.05, 0.1) is 5.69 Å². The van der Waals surface area contributed by atoms with E-state index in [2.05, 4.69) is 15.3 Å². The highest BCUT2D eigenvalue weighted by Gasteiger charge is 2.22. The molecule has 0 aromatic carbocycles. The number of hydrogen-bond acceptors (Lipinski definition) is 3. The molecule has 1 aliphatic rings. The number of H-pyrrole nitrogens is 1. The highest BCUT2D eigenvalue weighted by Crippen LogP contribution is 2.23. The van der Waals surface area contributed by atoms with E-state index in [9.17, 15) is 4.79 Å². The minimum atomic E-state index is -0.0133. The molecule has 0 saturated heterocycles. The van der Waals surface area contributed by atoms with Gasteiger partial charge in [0.15, 0.2) is 0 Å². The van der Waals surface area contributed by atoms with Gasteiger partial charge in [-0.1, -0.05) is 13.8 Å². The van der Waals surface area contributed by atoms with Crippen molar-refractivity contribution in [1.82, 2.24) is 9.97 Å². The maximum atomic E-state index is 11.8. The van der Waals surface area contributed by atoms with Crippen molar-refractivity contribution in [2.45, 2.75) is 45.6 Å². The molecule has 1 saturated carbocycles. The Balaban J connectivity index is 2.33. The van der Waals surface area contributed by atoms with Crippen molar-refractivity contribution in [3.63, 3.8) is 0 Å². The summed E-state index contributed by atoms with van der Waals surface area (Å²) in [6.45, 7) is 5.91. The van der Waals surface area contributed by atoms with Crippen LogP contribution >= 0.6 is 0 Å². The first-order valence-corrected chi connectivity index (χ1v) is 5.45. The molecule has 1 fully saturated rings. The predicted octanol–water partition coefficient (Wildman–Crippen LogP) is 1.78. The summed E-state index contributed by atoms with van der Waals surface area (Å²) in [6.07, 6.45) is 2.35. The normalized spacial score (nSPS) is 15.7. The van der Waals surface area contributed by atoms with Gasteiger partial charge in [-0.2, -0.15) is 0 Å². The Morgan fingerprint density at radius 3 is 2.60 bits per heavy atom. The van der Waals surface area contributed by atoms with E-state index in [1.165, 1.54) is 12.8 Å². The third-order valence-electron chi connectivity index (χ3n) is 2.64. The lowest BCUT2D eigenvalue weighted by molar-refractivity contribution is 0.812. The molecule has 4 heteroatoms. The van der Waals surface area contributed by atoms with Crippen LogP contribution in [0.25, 0.3) is 0 Å². The molecule has 2 rings (SSSR count). The van der Waals surface area contributed by atoms with E-state index in [-0.39, 0.29) is 11.5 Å². The van der Waals surface area contributed by atoms with E-state index in [1.807, 2.05) is 20.8 Å². The average Bonchev–Trinajstić information content (AvgIpc) is 2.85. The zero-order valence-electron chi connectivity index (χ0n) is 9.42. The molecule has 1 aromatic rings. The zero-order valence-corrected chi connectivity index (χ0v) is 9.42. The number of aromatic amines is 1. The second kappa shape index (κ2) is 3.68. The lowest BCUT2D eigenvalue weighted by Crippen LogP contribution is -2.20. The van der Waals surface area contributed by atoms with E-state index >= 15 is 0 Å². The summed E-state index contributed by atoms with van der Waals surface area (Å²) in [6, 6.07) is 0.512. The van der Waals surface area contributed by atoms with Crippen molar-refractivity contribution in [1.29, 1.82) is 0 Å². The molecule has 0 aliphatic heterocycles. The fourth-order valence-electron chi connectivity index (χ4n) is 1.76. The topological polar surface area (TPSA) is 57.8 Å². The van der Waals surface area contributed by atoms with Crippen LogP contribution in [0.2, 0.25) is 0 Å². The molecular formula is C11H17N3O. The molecule has 4 nitrogen and oxygen atoms in total. The van der Waals surface area contributed by atoms with Gasteiger partial charge in [-0.3, -0.25) is 9.78 Å². The Morgan fingerprint density at radius 2 is 2.13 bits per heavy atom. The number of anilines is 1. The largest absolute Gasteiger partial charge is 0.353 e. The number of aromatic nitrogens is 2. The summed E-state index contributed by atoms with van der Waals surface area (Å²) in [4.78, 5) is 18.9. The minimum Gasteiger partial charge on any atom is -0.353 e. The summed E-state index contributed by atoms with van der Waals surface area (Å²) in [5.41, 5.74) is 1.61. The fraction of sp³-hybridized carbons (Fsp3) is 0.636. The SMILES string of the molecule is Cc1nc(NC2CC2)[nH]c(=O)c1C(C)C. The second-order valence-corrected chi connectivity index (χ2v) is 4.49. The summed E-state index contributed by atoms with van der Waals surface area (Å²) < 4.78 is 0. The predicted molar refractivity (Wildman–Crippen MR) is 60.3 cm³/mol. The summed E-state index contributed by atoms with van der Waals surface area (Å²) >= 11 is 0. The van der Waals surface area contributed by atoms with E-state index in [0.717, 1.165) is 11.3 Å². The fourth-order valence-corrected chi connectivity index (χ4v) is 1.76. The van der Waals surface area contributed by atoms with Gasteiger partial charge in [0, 0.05) is 11.6 Å². The third-order valence-corrected chi connectivity index (χ3v) is 2.64. The Morgan fingerprint density at radius 1 is 1.47 bits per heavy atom. The first-order chi connectivity index (χ1) is 7.08. The van der Waals surface area contributed by atoms with E-state index in [1.54, 1.807) is 0 Å². The maximum Gasteiger partial charge on any atom is 0.255 e. The Kier molecular flexibility index (Phi) is 2.50. The number of nitrogens with zero attached hydrogens (tertiary/aromatic N) is 1. The van der Waals surface area contributed by atoms with Gasteiger partial charge in [-0.25, -0.2) is 4.98 Å². The standard InChI is InChI=1S/C11H17N3O/c1-6(2)9-7(3)12-11(14-10(9)15)13-8-4-5-8/h6,8H,4-5H2,1-3H3,(H2,12,13,14,15). The first-order valence-electron chi connectivity index (χ1n) is 5.45. The van der Waals surface area contributed by atoms with Crippen molar-refractivity contribution >= 4 is 5.95 Å². The van der Waals surface area contributed by atoms with E-state index < -0.39 is 0 Å². The van der Waals surface area contributed by atoms with Gasteiger partial charge < -0.3 is 5.32 Å². The molecule has 0 bridgehead atoms. The third kappa shape index (κ3) is 2.19. The molecule has 82 valence electrons. The number of rotatable bonds is 3. The number of aryl methyl sites for hydroxylation is 1. The quantitative estimate of drug-likeness (QED) is 0.794. The lowest BCUT2D eigenvalue weighted by Gasteiger charge is -2.10. The molecule has 2 N–H and O–H groups in total. The van der Waals surface area contributed by atoms with Crippen molar-refractivity contribution in [2.75, 3.05) is 5.32 Å². The number of nitrogens with one attached hydrogen (secondary N) is 2. The first kappa shape index (κ1) is 10.2. The Labute approximate surface area is 89.1 Å². The van der Waals surface area contributed by atoms with Gasteiger partial charge >= 0.3 is 0 Å². The second-order valence-electron chi connectivity index (χ2n) is 4.49. The Hall–Kier alpha value is -1.32. The Bertz CT molecular complexity index is 418. The molecule has 15 heavy (non-hydrogen) atoms. The monoisotopic (exact) mass is 207 g/mol. The van der Waals surface area contributed by atoms with Crippen LogP contribution in [-0.2, 0) is 0 Å². The van der Waals surface area contributed by atoms with Gasteiger partial charge in [0.2, 0.25) is 5.95 Å². The van der Waals surface area contributed by atoms with Crippen molar-refractivity contribution < 1.29 is 0 Å². The van der Waals surface area contributed by atoms with Gasteiger partial charge in [0.25, 0.3) is 5.56 Å². The lowest BCUT2D eigenvalue weighted by atomic mass is 10.0. The summed E-state index contributed by atoms with van der Waals surface area (Å²) in [5, 5.41) is 3.20. The van der Waals surface area contributed by atoms with Gasteiger partial charge in [0.1, 0.15) is 0 Å². The van der Waals surface area contributed by atoms with Crippen LogP contribution in [0.1, 0.15) is 43.9 Å². The molecule has 0 amide bonds. The minimum absolute atomic E-state index is 0.0133. The highest BCUT2D eigenvalue weighted by molar-refractivity contribution is 5.32. The van der Waals surface area contributed by atoms with Crippen LogP contribution in [-0.4, -0.2) is 16.0 Å². The van der Waals surface area contributed by atoms with Crippen molar-refractivity contribution in [2.24, 2.45) is 0 Å². The van der Waals surface area contributed by atoms with Crippen LogP contribution < -0.4 is 10.9 Å². The highest BCUT2D eigenvalue weighted by atomic mass is 16.1. The molecule has 0 spiro atoms. The smallest absolute Gasteiger partial charge is 0.255 e. The average molecular weight is 207 g/mol. The molecule has 0 atom stereocenters. The van der Waals surface area contributed by atoms with Crippen LogP contribution in [0.5, 0.6) is 0 Å². The molecule has 0 radical (unpaired) electrons. The van der Waals surface area contributed by atoms with Crippen LogP contribution in [0.4, 0.5) is 5.95 Å². The summed E-state index contributed by atoms with van der Waals surface area (Å²) in [5.74, 6) is 0.834. The van der Waals surface area contributed by atoms with Crippen molar-refractivity contribution in [3.05, 3.63) is 21.6 Å². The maximum absolute atomic E-state index is 11.8. The summed E-state index contributed by atoms with van der Waals surface area (Å²) in [7, 11) is 0. The molecule has 1 aromatic heterocycles.